The van der Waals surface area contributed by atoms with E-state index in [-0.39, 0.29) is 11.0 Å². The summed E-state index contributed by atoms with van der Waals surface area (Å²) in [4.78, 5) is 4.33. The van der Waals surface area contributed by atoms with Crippen molar-refractivity contribution in [1.82, 2.24) is 4.98 Å². The largest absolute Gasteiger partial charge is 0.247 e. The fourth-order valence-electron chi connectivity index (χ4n) is 2.71. The molecule has 2 aromatic rings. The summed E-state index contributed by atoms with van der Waals surface area (Å²) in [6.07, 6.45) is 1.85. The molecule has 0 unspecified atom stereocenters. The van der Waals surface area contributed by atoms with Crippen LogP contribution in [0.25, 0.3) is 0 Å². The molecule has 0 spiro atoms. The molecule has 0 amide bonds. The first-order chi connectivity index (χ1) is 9.54. The SMILES string of the molecule is Cc1nc(CCS(=O)(=O)C2Cc3ccccc3C2)cs1. The number of rotatable bonds is 4. The molecule has 5 heteroatoms. The zero-order valence-electron chi connectivity index (χ0n) is 11.4. The third-order valence-corrected chi connectivity index (χ3v) is 6.78. The lowest BCUT2D eigenvalue weighted by Gasteiger charge is -2.10. The van der Waals surface area contributed by atoms with Gasteiger partial charge in [0.2, 0.25) is 0 Å². The summed E-state index contributed by atoms with van der Waals surface area (Å²) in [5.41, 5.74) is 3.27. The van der Waals surface area contributed by atoms with Crippen LogP contribution in [-0.4, -0.2) is 24.4 Å². The Kier molecular flexibility index (Phi) is 3.65. The van der Waals surface area contributed by atoms with Crippen LogP contribution in [0.4, 0.5) is 0 Å². The van der Waals surface area contributed by atoms with Gasteiger partial charge in [-0.3, -0.25) is 0 Å². The van der Waals surface area contributed by atoms with Gasteiger partial charge in [0.25, 0.3) is 0 Å². The van der Waals surface area contributed by atoms with Crippen molar-refractivity contribution in [3.05, 3.63) is 51.5 Å². The Morgan fingerprint density at radius 2 is 1.90 bits per heavy atom. The van der Waals surface area contributed by atoms with Crippen molar-refractivity contribution in [2.24, 2.45) is 0 Å². The van der Waals surface area contributed by atoms with E-state index in [1.165, 1.54) is 11.1 Å². The molecule has 0 radical (unpaired) electrons. The highest BCUT2D eigenvalue weighted by Gasteiger charge is 2.31. The van der Waals surface area contributed by atoms with Gasteiger partial charge in [0.1, 0.15) is 0 Å². The molecule has 1 heterocycles. The van der Waals surface area contributed by atoms with Crippen LogP contribution < -0.4 is 0 Å². The number of aryl methyl sites for hydroxylation is 2. The molecule has 20 heavy (non-hydrogen) atoms. The molecule has 1 aliphatic carbocycles. The Morgan fingerprint density at radius 1 is 1.25 bits per heavy atom. The Bertz CT molecular complexity index is 694. The average Bonchev–Trinajstić information content (AvgIpc) is 3.02. The molecule has 0 saturated carbocycles. The van der Waals surface area contributed by atoms with Crippen LogP contribution in [0.15, 0.2) is 29.6 Å². The first-order valence-electron chi connectivity index (χ1n) is 6.74. The molecule has 3 rings (SSSR count). The van der Waals surface area contributed by atoms with Gasteiger partial charge in [-0.05, 0) is 30.9 Å². The van der Waals surface area contributed by atoms with Crippen molar-refractivity contribution < 1.29 is 8.42 Å². The number of hydrogen-bond donors (Lipinski definition) is 0. The van der Waals surface area contributed by atoms with E-state index >= 15 is 0 Å². The van der Waals surface area contributed by atoms with Crippen molar-refractivity contribution in [3.8, 4) is 0 Å². The van der Waals surface area contributed by atoms with Gasteiger partial charge in [-0.1, -0.05) is 24.3 Å². The molecule has 106 valence electrons. The molecule has 0 bridgehead atoms. The van der Waals surface area contributed by atoms with E-state index in [0.29, 0.717) is 19.3 Å². The second-order valence-electron chi connectivity index (χ2n) is 5.27. The maximum atomic E-state index is 12.5. The second kappa shape index (κ2) is 5.30. The molecule has 0 N–H and O–H groups in total. The number of hydrogen-bond acceptors (Lipinski definition) is 4. The van der Waals surface area contributed by atoms with Crippen LogP contribution in [0.5, 0.6) is 0 Å². The van der Waals surface area contributed by atoms with Gasteiger partial charge < -0.3 is 0 Å². The number of aromatic nitrogens is 1. The highest BCUT2D eigenvalue weighted by atomic mass is 32.2. The smallest absolute Gasteiger partial charge is 0.154 e. The quantitative estimate of drug-likeness (QED) is 0.872. The van der Waals surface area contributed by atoms with E-state index in [4.69, 9.17) is 0 Å². The highest BCUT2D eigenvalue weighted by Crippen LogP contribution is 2.27. The summed E-state index contributed by atoms with van der Waals surface area (Å²) in [5.74, 6) is 0.203. The third kappa shape index (κ3) is 2.79. The topological polar surface area (TPSA) is 47.0 Å². The lowest BCUT2D eigenvalue weighted by Crippen LogP contribution is -2.25. The molecule has 3 nitrogen and oxygen atoms in total. The predicted molar refractivity (Wildman–Crippen MR) is 82.0 cm³/mol. The standard InChI is InChI=1S/C15H17NO2S2/c1-11-16-14(10-19-11)6-7-20(17,18)15-8-12-4-2-3-5-13(12)9-15/h2-5,10,15H,6-9H2,1H3. The van der Waals surface area contributed by atoms with E-state index in [0.717, 1.165) is 10.7 Å². The van der Waals surface area contributed by atoms with Crippen LogP contribution >= 0.6 is 11.3 Å². The maximum absolute atomic E-state index is 12.5. The fourth-order valence-corrected chi connectivity index (χ4v) is 5.05. The first-order valence-corrected chi connectivity index (χ1v) is 9.33. The van der Waals surface area contributed by atoms with E-state index in [9.17, 15) is 8.42 Å². The zero-order chi connectivity index (χ0) is 14.2. The Balaban J connectivity index is 1.68. The Labute approximate surface area is 123 Å². The maximum Gasteiger partial charge on any atom is 0.154 e. The number of fused-ring (bicyclic) bond motifs is 1. The van der Waals surface area contributed by atoms with Crippen LogP contribution in [-0.2, 0) is 29.1 Å². The summed E-state index contributed by atoms with van der Waals surface area (Å²) in [6.45, 7) is 1.94. The molecule has 0 fully saturated rings. The van der Waals surface area contributed by atoms with E-state index in [2.05, 4.69) is 4.98 Å². The van der Waals surface area contributed by atoms with Gasteiger partial charge in [0, 0.05) is 11.8 Å². The van der Waals surface area contributed by atoms with Gasteiger partial charge in [0.15, 0.2) is 9.84 Å². The predicted octanol–water partition coefficient (Wildman–Crippen LogP) is 2.58. The van der Waals surface area contributed by atoms with Crippen LogP contribution in [0, 0.1) is 6.92 Å². The Hall–Kier alpha value is -1.20. The van der Waals surface area contributed by atoms with Crippen LogP contribution in [0.3, 0.4) is 0 Å². The molecular weight excluding hydrogens is 290 g/mol. The van der Waals surface area contributed by atoms with E-state index in [1.807, 2.05) is 36.6 Å². The van der Waals surface area contributed by atoms with E-state index < -0.39 is 9.84 Å². The molecule has 0 aliphatic heterocycles. The number of nitrogens with zero attached hydrogens (tertiary/aromatic N) is 1. The third-order valence-electron chi connectivity index (χ3n) is 3.83. The van der Waals surface area contributed by atoms with Crippen molar-refractivity contribution in [2.45, 2.75) is 31.4 Å². The van der Waals surface area contributed by atoms with Gasteiger partial charge >= 0.3 is 0 Å². The molecule has 1 aliphatic rings. The molecule has 1 aromatic carbocycles. The minimum atomic E-state index is -3.05. The lowest BCUT2D eigenvalue weighted by molar-refractivity contribution is 0.580. The van der Waals surface area contributed by atoms with Gasteiger partial charge in [-0.15, -0.1) is 11.3 Å². The zero-order valence-corrected chi connectivity index (χ0v) is 13.0. The normalized spacial score (nSPS) is 15.4. The highest BCUT2D eigenvalue weighted by molar-refractivity contribution is 7.92. The summed E-state index contributed by atoms with van der Waals surface area (Å²) in [7, 11) is -3.05. The summed E-state index contributed by atoms with van der Waals surface area (Å²) in [5, 5.41) is 2.69. The Morgan fingerprint density at radius 3 is 2.45 bits per heavy atom. The average molecular weight is 307 g/mol. The van der Waals surface area contributed by atoms with Crippen molar-refractivity contribution >= 4 is 21.2 Å². The van der Waals surface area contributed by atoms with Gasteiger partial charge in [-0.25, -0.2) is 13.4 Å². The summed E-state index contributed by atoms with van der Waals surface area (Å²) < 4.78 is 24.9. The first kappa shape index (κ1) is 13.8. The van der Waals surface area contributed by atoms with Crippen LogP contribution in [0.2, 0.25) is 0 Å². The number of sulfone groups is 1. The van der Waals surface area contributed by atoms with E-state index in [1.54, 1.807) is 11.3 Å². The number of thiazole rings is 1. The van der Waals surface area contributed by atoms with Crippen molar-refractivity contribution in [1.29, 1.82) is 0 Å². The molecule has 1 aromatic heterocycles. The minimum Gasteiger partial charge on any atom is -0.247 e. The van der Waals surface area contributed by atoms with Gasteiger partial charge in [-0.2, -0.15) is 0 Å². The monoisotopic (exact) mass is 307 g/mol. The fraction of sp³-hybridized carbons (Fsp3) is 0.400. The molecular formula is C15H17NO2S2. The van der Waals surface area contributed by atoms with Gasteiger partial charge in [0.05, 0.1) is 21.7 Å². The lowest BCUT2D eigenvalue weighted by atomic mass is 10.1. The summed E-state index contributed by atoms with van der Waals surface area (Å²) in [6, 6.07) is 8.03. The molecule has 0 atom stereocenters. The van der Waals surface area contributed by atoms with Crippen LogP contribution in [0.1, 0.15) is 21.8 Å². The summed E-state index contributed by atoms with van der Waals surface area (Å²) >= 11 is 1.57. The number of benzene rings is 1. The minimum absolute atomic E-state index is 0.203. The van der Waals surface area contributed by atoms with Crippen molar-refractivity contribution in [2.75, 3.05) is 5.75 Å². The van der Waals surface area contributed by atoms with Crippen molar-refractivity contribution in [3.63, 3.8) is 0 Å². The molecule has 0 saturated heterocycles. The second-order valence-corrected chi connectivity index (χ2v) is 8.74.